The normalized spacial score (nSPS) is 14.8. The highest BCUT2D eigenvalue weighted by Crippen LogP contribution is 2.45. The van der Waals surface area contributed by atoms with E-state index in [4.69, 9.17) is 37.0 Å². The lowest BCUT2D eigenvalue weighted by Crippen LogP contribution is -2.30. The molecule has 0 heterocycles. The maximum atomic E-state index is 13.1. The standard InChI is InChI=1S/C75H142O17P2/c1-8-11-12-13-14-15-16-17-18-22-25-28-34-42-49-56-72(77)85-62-70(91-74(79)58-51-44-35-29-26-23-20-19-21-24-27-32-39-46-53-66(4)5)64-89-93(81,82)87-60-69(76)61-88-94(83,84)90-65-71(63-86-73(78)57-50-43-38-37-41-48-55-68(7)10-3)92-75(80)59-52-45-36-31-30-33-40-47-54-67(6)9-2/h15-18,66-71,76H,8-14,19-65H2,1-7H3,(H,81,82)(H,83,84)/b16-15-,18-17-/t67?,68?,69-,70-,71-/m1/s1. The first-order valence-electron chi connectivity index (χ1n) is 38.2. The molecule has 0 aromatic carbocycles. The molecule has 94 heavy (non-hydrogen) atoms. The molecule has 7 atom stereocenters. The van der Waals surface area contributed by atoms with Gasteiger partial charge in [0.05, 0.1) is 26.4 Å². The molecule has 0 radical (unpaired) electrons. The molecule has 0 aliphatic rings. The Bertz CT molecular complexity index is 1930. The van der Waals surface area contributed by atoms with Gasteiger partial charge in [0.15, 0.2) is 12.2 Å². The van der Waals surface area contributed by atoms with E-state index in [0.717, 1.165) is 133 Å². The van der Waals surface area contributed by atoms with Crippen molar-refractivity contribution >= 4 is 39.5 Å². The molecule has 0 rings (SSSR count). The summed E-state index contributed by atoms with van der Waals surface area (Å²) in [5, 5.41) is 10.6. The van der Waals surface area contributed by atoms with Crippen LogP contribution in [0.2, 0.25) is 0 Å². The van der Waals surface area contributed by atoms with Gasteiger partial charge in [0.25, 0.3) is 0 Å². The van der Waals surface area contributed by atoms with Crippen molar-refractivity contribution < 1.29 is 80.2 Å². The number of carbonyl (C=O) groups is 4. The van der Waals surface area contributed by atoms with Crippen LogP contribution in [-0.4, -0.2) is 96.7 Å². The summed E-state index contributed by atoms with van der Waals surface area (Å²) in [6.07, 6.45) is 53.5. The zero-order chi connectivity index (χ0) is 69.4. The van der Waals surface area contributed by atoms with Crippen molar-refractivity contribution in [3.8, 4) is 0 Å². The van der Waals surface area contributed by atoms with E-state index in [0.29, 0.717) is 25.7 Å². The first-order chi connectivity index (χ1) is 45.3. The number of ether oxygens (including phenoxy) is 4. The number of allylic oxidation sites excluding steroid dienone is 4. The number of aliphatic hydroxyl groups is 1. The molecule has 3 N–H and O–H groups in total. The quantitative estimate of drug-likeness (QED) is 0.0169. The highest BCUT2D eigenvalue weighted by atomic mass is 31.2. The minimum Gasteiger partial charge on any atom is -0.462 e. The Kier molecular flexibility index (Phi) is 63.5. The van der Waals surface area contributed by atoms with Crippen LogP contribution < -0.4 is 0 Å². The average Bonchev–Trinajstić information content (AvgIpc) is 1.70. The Morgan fingerprint density at radius 2 is 0.628 bits per heavy atom. The van der Waals surface area contributed by atoms with Crippen molar-refractivity contribution in [2.24, 2.45) is 17.8 Å². The molecule has 0 aliphatic carbocycles. The number of rotatable bonds is 71. The predicted octanol–water partition coefficient (Wildman–Crippen LogP) is 21.3. The van der Waals surface area contributed by atoms with Crippen molar-refractivity contribution in [1.82, 2.24) is 0 Å². The fourth-order valence-electron chi connectivity index (χ4n) is 10.8. The lowest BCUT2D eigenvalue weighted by Gasteiger charge is -2.21. The van der Waals surface area contributed by atoms with Gasteiger partial charge in [0.1, 0.15) is 19.3 Å². The number of phosphoric acid groups is 2. The monoisotopic (exact) mass is 1380 g/mol. The van der Waals surface area contributed by atoms with E-state index in [1.165, 1.54) is 141 Å². The maximum Gasteiger partial charge on any atom is 0.472 e. The van der Waals surface area contributed by atoms with E-state index >= 15 is 0 Å². The lowest BCUT2D eigenvalue weighted by molar-refractivity contribution is -0.161. The third-order valence-electron chi connectivity index (χ3n) is 17.5. The largest absolute Gasteiger partial charge is 0.472 e. The molecule has 0 amide bonds. The number of esters is 4. The van der Waals surface area contributed by atoms with Crippen LogP contribution in [0.3, 0.4) is 0 Å². The minimum atomic E-state index is -4.96. The summed E-state index contributed by atoms with van der Waals surface area (Å²) in [6, 6.07) is 0. The zero-order valence-corrected chi connectivity index (χ0v) is 62.7. The van der Waals surface area contributed by atoms with Crippen molar-refractivity contribution in [2.75, 3.05) is 39.6 Å². The molecule has 17 nitrogen and oxygen atoms in total. The SMILES string of the molecule is CCCCCC/C=C\C=C/CCCCCCCC(=O)OC[C@H](COP(=O)(O)OC[C@@H](O)COP(=O)(O)OC[C@@H](COC(=O)CCCCCCCCC(C)CC)OC(=O)CCCCCCCCCCC(C)CC)OC(=O)CCCCCCCCCCCCCCCCC(C)C. The van der Waals surface area contributed by atoms with E-state index < -0.39 is 97.5 Å². The first kappa shape index (κ1) is 91.5. The molecule has 0 spiro atoms. The van der Waals surface area contributed by atoms with Crippen molar-refractivity contribution in [1.29, 1.82) is 0 Å². The first-order valence-corrected chi connectivity index (χ1v) is 41.2. The van der Waals surface area contributed by atoms with Crippen LogP contribution in [0.25, 0.3) is 0 Å². The molecular weight excluding hydrogens is 1230 g/mol. The Morgan fingerprint density at radius 3 is 0.947 bits per heavy atom. The van der Waals surface area contributed by atoms with Gasteiger partial charge in [-0.25, -0.2) is 9.13 Å². The van der Waals surface area contributed by atoms with E-state index in [1.54, 1.807) is 0 Å². The molecule has 0 aromatic heterocycles. The van der Waals surface area contributed by atoms with Crippen molar-refractivity contribution in [3.63, 3.8) is 0 Å². The summed E-state index contributed by atoms with van der Waals surface area (Å²) in [4.78, 5) is 72.7. The molecule has 19 heteroatoms. The fourth-order valence-corrected chi connectivity index (χ4v) is 12.4. The molecular formula is C75H142O17P2. The van der Waals surface area contributed by atoms with Gasteiger partial charge in [-0.3, -0.25) is 37.3 Å². The van der Waals surface area contributed by atoms with E-state index in [2.05, 4.69) is 72.8 Å². The van der Waals surface area contributed by atoms with Gasteiger partial charge >= 0.3 is 39.5 Å². The topological polar surface area (TPSA) is 237 Å². The Balaban J connectivity index is 5.29. The third kappa shape index (κ3) is 65.5. The van der Waals surface area contributed by atoms with E-state index in [-0.39, 0.29) is 25.7 Å². The smallest absolute Gasteiger partial charge is 0.462 e. The second-order valence-corrected chi connectivity index (χ2v) is 30.2. The highest BCUT2D eigenvalue weighted by Gasteiger charge is 2.30. The number of phosphoric ester groups is 2. The van der Waals surface area contributed by atoms with Crippen LogP contribution in [0.15, 0.2) is 24.3 Å². The summed E-state index contributed by atoms with van der Waals surface area (Å²) in [5.41, 5.74) is 0. The van der Waals surface area contributed by atoms with Gasteiger partial charge in [0.2, 0.25) is 0 Å². The van der Waals surface area contributed by atoms with Crippen LogP contribution in [-0.2, 0) is 65.4 Å². The Morgan fingerprint density at radius 1 is 0.351 bits per heavy atom. The van der Waals surface area contributed by atoms with Gasteiger partial charge in [-0.2, -0.15) is 0 Å². The molecule has 0 fully saturated rings. The van der Waals surface area contributed by atoms with Crippen LogP contribution in [0, 0.1) is 17.8 Å². The van der Waals surface area contributed by atoms with Crippen molar-refractivity contribution in [3.05, 3.63) is 24.3 Å². The summed E-state index contributed by atoms with van der Waals surface area (Å²) < 4.78 is 68.4. The zero-order valence-electron chi connectivity index (χ0n) is 60.9. The van der Waals surface area contributed by atoms with Gasteiger partial charge < -0.3 is 33.8 Å². The second-order valence-electron chi connectivity index (χ2n) is 27.3. The van der Waals surface area contributed by atoms with Gasteiger partial charge in [-0.05, 0) is 69.1 Å². The number of hydrogen-bond acceptors (Lipinski definition) is 15. The van der Waals surface area contributed by atoms with Crippen LogP contribution in [0.5, 0.6) is 0 Å². The summed E-state index contributed by atoms with van der Waals surface area (Å²) in [5.74, 6) is 0.138. The lowest BCUT2D eigenvalue weighted by atomic mass is 9.99. The Labute approximate surface area is 573 Å². The van der Waals surface area contributed by atoms with E-state index in [1.807, 2.05) is 0 Å². The molecule has 0 aromatic rings. The number of carbonyl (C=O) groups excluding carboxylic acids is 4. The van der Waals surface area contributed by atoms with Gasteiger partial charge in [-0.1, -0.05) is 304 Å². The highest BCUT2D eigenvalue weighted by molar-refractivity contribution is 7.47. The minimum absolute atomic E-state index is 0.100. The maximum absolute atomic E-state index is 13.1. The van der Waals surface area contributed by atoms with Crippen LogP contribution in [0.1, 0.15) is 357 Å². The molecule has 0 bridgehead atoms. The van der Waals surface area contributed by atoms with Crippen LogP contribution in [0.4, 0.5) is 0 Å². The van der Waals surface area contributed by atoms with Gasteiger partial charge in [-0.15, -0.1) is 0 Å². The molecule has 554 valence electrons. The second kappa shape index (κ2) is 65.2. The van der Waals surface area contributed by atoms with Crippen LogP contribution >= 0.6 is 15.6 Å². The predicted molar refractivity (Wildman–Crippen MR) is 381 cm³/mol. The molecule has 0 aliphatic heterocycles. The fraction of sp³-hybridized carbons (Fsp3) is 0.893. The Hall–Kier alpha value is -2.46. The summed E-state index contributed by atoms with van der Waals surface area (Å²) in [7, 11) is -9.92. The number of unbranched alkanes of at least 4 members (excludes halogenated alkanes) is 34. The third-order valence-corrected chi connectivity index (χ3v) is 19.4. The molecule has 0 saturated heterocycles. The van der Waals surface area contributed by atoms with Crippen molar-refractivity contribution in [2.45, 2.75) is 375 Å². The van der Waals surface area contributed by atoms with E-state index in [9.17, 15) is 43.2 Å². The van der Waals surface area contributed by atoms with Gasteiger partial charge in [0, 0.05) is 25.7 Å². The molecule has 0 saturated carbocycles. The summed E-state index contributed by atoms with van der Waals surface area (Å²) >= 11 is 0. The molecule has 4 unspecified atom stereocenters. The number of hydrogen-bond donors (Lipinski definition) is 3. The number of aliphatic hydroxyl groups excluding tert-OH is 1. The summed E-state index contributed by atoms with van der Waals surface area (Å²) in [6.45, 7) is 11.8. The average molecular weight is 1380 g/mol.